The first-order chi connectivity index (χ1) is 12.4. The molecular formula is C20H35FIN5. The molecule has 0 aromatic heterocycles. The van der Waals surface area contributed by atoms with Crippen molar-refractivity contribution >= 4 is 29.9 Å². The van der Waals surface area contributed by atoms with E-state index in [4.69, 9.17) is 0 Å². The van der Waals surface area contributed by atoms with Gasteiger partial charge in [-0.2, -0.15) is 0 Å². The highest BCUT2D eigenvalue weighted by Gasteiger charge is 2.21. The van der Waals surface area contributed by atoms with Crippen molar-refractivity contribution in [3.05, 3.63) is 35.6 Å². The second-order valence-corrected chi connectivity index (χ2v) is 7.52. The smallest absolute Gasteiger partial charge is 0.191 e. The van der Waals surface area contributed by atoms with Crippen LogP contribution in [0.4, 0.5) is 4.39 Å². The molecule has 0 atom stereocenters. The third kappa shape index (κ3) is 7.91. The van der Waals surface area contributed by atoms with Gasteiger partial charge in [0, 0.05) is 58.3 Å². The van der Waals surface area contributed by atoms with E-state index < -0.39 is 0 Å². The number of piperazine rings is 1. The molecule has 154 valence electrons. The van der Waals surface area contributed by atoms with Gasteiger partial charge in [-0.3, -0.25) is 9.89 Å². The first-order valence-electron chi connectivity index (χ1n) is 9.60. The molecule has 1 heterocycles. The van der Waals surface area contributed by atoms with Crippen molar-refractivity contribution in [1.82, 2.24) is 20.4 Å². The number of guanidine groups is 1. The summed E-state index contributed by atoms with van der Waals surface area (Å²) >= 11 is 0. The monoisotopic (exact) mass is 491 g/mol. The average Bonchev–Trinajstić information content (AvgIpc) is 2.65. The van der Waals surface area contributed by atoms with E-state index in [1.54, 1.807) is 19.2 Å². The van der Waals surface area contributed by atoms with Gasteiger partial charge >= 0.3 is 0 Å². The minimum absolute atomic E-state index is 0. The fourth-order valence-electron chi connectivity index (χ4n) is 3.20. The summed E-state index contributed by atoms with van der Waals surface area (Å²) in [6.45, 7) is 14.7. The van der Waals surface area contributed by atoms with Crippen molar-refractivity contribution < 1.29 is 4.39 Å². The molecule has 2 rings (SSSR count). The lowest BCUT2D eigenvalue weighted by Crippen LogP contribution is -2.49. The van der Waals surface area contributed by atoms with Crippen molar-refractivity contribution in [2.45, 2.75) is 26.2 Å². The van der Waals surface area contributed by atoms with Crippen molar-refractivity contribution in [3.8, 4) is 0 Å². The van der Waals surface area contributed by atoms with Crippen LogP contribution in [0, 0.1) is 5.82 Å². The van der Waals surface area contributed by atoms with Crippen LogP contribution in [-0.4, -0.2) is 75.2 Å². The summed E-state index contributed by atoms with van der Waals surface area (Å²) in [5.74, 6) is 0.600. The zero-order valence-corrected chi connectivity index (χ0v) is 19.4. The summed E-state index contributed by atoms with van der Waals surface area (Å²) in [5, 5.41) is 6.76. The van der Waals surface area contributed by atoms with E-state index in [1.807, 2.05) is 6.07 Å². The quantitative estimate of drug-likeness (QED) is 0.350. The Morgan fingerprint density at radius 2 is 1.81 bits per heavy atom. The number of hydrogen-bond acceptors (Lipinski definition) is 3. The molecule has 1 aromatic rings. The fourth-order valence-corrected chi connectivity index (χ4v) is 3.20. The Morgan fingerprint density at radius 3 is 2.41 bits per heavy atom. The van der Waals surface area contributed by atoms with Gasteiger partial charge in [-0.25, -0.2) is 4.39 Å². The van der Waals surface area contributed by atoms with E-state index in [2.05, 4.69) is 46.2 Å². The largest absolute Gasteiger partial charge is 0.356 e. The van der Waals surface area contributed by atoms with E-state index in [9.17, 15) is 4.39 Å². The topological polar surface area (TPSA) is 42.9 Å². The van der Waals surface area contributed by atoms with Gasteiger partial charge in [0.15, 0.2) is 5.96 Å². The maximum atomic E-state index is 13.5. The van der Waals surface area contributed by atoms with Crippen LogP contribution in [-0.2, 0) is 5.41 Å². The molecule has 0 saturated carbocycles. The number of nitrogens with one attached hydrogen (secondary N) is 2. The third-order valence-electron chi connectivity index (χ3n) is 5.16. The molecule has 0 unspecified atom stereocenters. The standard InChI is InChI=1S/C20H34FN5.HI/c1-5-25-11-13-26(14-12-25)10-9-23-19(22-4)24-16-20(2,3)17-7-6-8-18(21)15-17;/h6-8,15H,5,9-14,16H2,1-4H3,(H2,22,23,24);1H. The van der Waals surface area contributed by atoms with E-state index in [0.29, 0.717) is 6.54 Å². The van der Waals surface area contributed by atoms with Crippen molar-refractivity contribution in [2.24, 2.45) is 4.99 Å². The highest BCUT2D eigenvalue weighted by Crippen LogP contribution is 2.22. The van der Waals surface area contributed by atoms with Gasteiger partial charge in [0.1, 0.15) is 5.82 Å². The Hall–Kier alpha value is -0.930. The summed E-state index contributed by atoms with van der Waals surface area (Å²) in [6, 6.07) is 6.82. The lowest BCUT2D eigenvalue weighted by molar-refractivity contribution is 0.139. The number of nitrogens with zero attached hydrogens (tertiary/aromatic N) is 3. The molecule has 7 heteroatoms. The molecule has 1 aromatic carbocycles. The zero-order chi connectivity index (χ0) is 19.0. The van der Waals surface area contributed by atoms with E-state index in [1.165, 1.54) is 6.07 Å². The van der Waals surface area contributed by atoms with Crippen LogP contribution in [0.25, 0.3) is 0 Å². The van der Waals surface area contributed by atoms with Crippen LogP contribution < -0.4 is 10.6 Å². The average molecular weight is 491 g/mol. The molecule has 27 heavy (non-hydrogen) atoms. The van der Waals surface area contributed by atoms with Crippen LogP contribution in [0.1, 0.15) is 26.3 Å². The second kappa shape index (κ2) is 11.8. The van der Waals surface area contributed by atoms with Gasteiger partial charge in [-0.1, -0.05) is 32.9 Å². The molecule has 1 fully saturated rings. The number of benzene rings is 1. The number of hydrogen-bond donors (Lipinski definition) is 2. The number of halogens is 2. The van der Waals surface area contributed by atoms with E-state index >= 15 is 0 Å². The maximum absolute atomic E-state index is 13.5. The highest BCUT2D eigenvalue weighted by molar-refractivity contribution is 14.0. The van der Waals surface area contributed by atoms with Gasteiger partial charge in [0.25, 0.3) is 0 Å². The summed E-state index contributed by atoms with van der Waals surface area (Å²) in [6.07, 6.45) is 0. The molecule has 5 nitrogen and oxygen atoms in total. The van der Waals surface area contributed by atoms with Gasteiger partial charge in [0.05, 0.1) is 0 Å². The first kappa shape index (κ1) is 24.1. The van der Waals surface area contributed by atoms with E-state index in [-0.39, 0.29) is 35.2 Å². The van der Waals surface area contributed by atoms with Crippen LogP contribution in [0.3, 0.4) is 0 Å². The normalized spacial score (nSPS) is 16.7. The lowest BCUT2D eigenvalue weighted by Gasteiger charge is -2.34. The molecule has 2 N–H and O–H groups in total. The van der Waals surface area contributed by atoms with Crippen LogP contribution >= 0.6 is 24.0 Å². The maximum Gasteiger partial charge on any atom is 0.191 e. The van der Waals surface area contributed by atoms with Crippen molar-refractivity contribution in [3.63, 3.8) is 0 Å². The Bertz CT molecular complexity index is 585. The highest BCUT2D eigenvalue weighted by atomic mass is 127. The minimum Gasteiger partial charge on any atom is -0.356 e. The van der Waals surface area contributed by atoms with Gasteiger partial charge in [-0.15, -0.1) is 24.0 Å². The molecule has 0 aliphatic carbocycles. The Labute approximate surface area is 180 Å². The Kier molecular flexibility index (Phi) is 10.5. The lowest BCUT2D eigenvalue weighted by atomic mass is 9.84. The number of likely N-dealkylation sites (N-methyl/N-ethyl adjacent to an activating group) is 1. The molecule has 0 bridgehead atoms. The molecule has 0 spiro atoms. The predicted octanol–water partition coefficient (Wildman–Crippen LogP) is 2.52. The molecule has 1 saturated heterocycles. The number of aliphatic imine (C=N–C) groups is 1. The molecular weight excluding hydrogens is 456 g/mol. The summed E-state index contributed by atoms with van der Waals surface area (Å²) in [7, 11) is 1.78. The van der Waals surface area contributed by atoms with Crippen LogP contribution in [0.15, 0.2) is 29.3 Å². The molecule has 0 amide bonds. The summed E-state index contributed by atoms with van der Waals surface area (Å²) in [5.41, 5.74) is 0.796. The predicted molar refractivity (Wildman–Crippen MR) is 123 cm³/mol. The minimum atomic E-state index is -0.193. The van der Waals surface area contributed by atoms with Crippen LogP contribution in [0.5, 0.6) is 0 Å². The van der Waals surface area contributed by atoms with Crippen molar-refractivity contribution in [2.75, 3.05) is 59.4 Å². The third-order valence-corrected chi connectivity index (χ3v) is 5.16. The zero-order valence-electron chi connectivity index (χ0n) is 17.1. The molecule has 1 aliphatic heterocycles. The second-order valence-electron chi connectivity index (χ2n) is 7.52. The van der Waals surface area contributed by atoms with Gasteiger partial charge < -0.3 is 15.5 Å². The van der Waals surface area contributed by atoms with E-state index in [0.717, 1.165) is 57.3 Å². The molecule has 0 radical (unpaired) electrons. The summed E-state index contributed by atoms with van der Waals surface area (Å²) in [4.78, 5) is 9.28. The Morgan fingerprint density at radius 1 is 1.15 bits per heavy atom. The Balaban J connectivity index is 0.00000364. The number of rotatable bonds is 7. The SMILES string of the molecule is CCN1CCN(CCNC(=NC)NCC(C)(C)c2cccc(F)c2)CC1.I. The van der Waals surface area contributed by atoms with Gasteiger partial charge in [0.2, 0.25) is 0 Å². The first-order valence-corrected chi connectivity index (χ1v) is 9.60. The van der Waals surface area contributed by atoms with Crippen LogP contribution in [0.2, 0.25) is 0 Å². The van der Waals surface area contributed by atoms with Gasteiger partial charge in [-0.05, 0) is 24.2 Å². The summed E-state index contributed by atoms with van der Waals surface area (Å²) < 4.78 is 13.5. The molecule has 1 aliphatic rings. The fraction of sp³-hybridized carbons (Fsp3) is 0.650. The van der Waals surface area contributed by atoms with Crippen molar-refractivity contribution in [1.29, 1.82) is 0 Å².